The summed E-state index contributed by atoms with van der Waals surface area (Å²) in [6.45, 7) is 4.77. The van der Waals surface area contributed by atoms with Crippen molar-refractivity contribution in [3.63, 3.8) is 0 Å². The number of nitrogen functional groups attached to an aromatic ring is 1. The molecule has 9 nitrogen and oxygen atoms in total. The fourth-order valence-corrected chi connectivity index (χ4v) is 6.34. The van der Waals surface area contributed by atoms with E-state index in [4.69, 9.17) is 15.8 Å². The molecule has 5 aromatic rings. The molecule has 6 heterocycles. The monoisotopic (exact) mass is 521 g/mol. The summed E-state index contributed by atoms with van der Waals surface area (Å²) in [7, 11) is 0. The Balaban J connectivity index is 1.21. The highest BCUT2D eigenvalue weighted by Gasteiger charge is 2.30. The first kappa shape index (κ1) is 23.0. The zero-order valence-corrected chi connectivity index (χ0v) is 21.7. The van der Waals surface area contributed by atoms with Gasteiger partial charge in [0.2, 0.25) is 0 Å². The van der Waals surface area contributed by atoms with Gasteiger partial charge >= 0.3 is 0 Å². The third-order valence-electron chi connectivity index (χ3n) is 7.28. The van der Waals surface area contributed by atoms with Crippen LogP contribution in [0.2, 0.25) is 0 Å². The lowest BCUT2D eigenvalue weighted by Crippen LogP contribution is -2.46. The van der Waals surface area contributed by atoms with Crippen LogP contribution in [0.5, 0.6) is 0 Å². The predicted octanol–water partition coefficient (Wildman–Crippen LogP) is 3.85. The highest BCUT2D eigenvalue weighted by molar-refractivity contribution is 7.18. The first-order valence-corrected chi connectivity index (χ1v) is 13.6. The van der Waals surface area contributed by atoms with Crippen molar-refractivity contribution >= 4 is 22.3 Å². The molecule has 0 atom stereocenters. The van der Waals surface area contributed by atoms with E-state index < -0.39 is 0 Å². The Kier molecular flexibility index (Phi) is 5.82. The number of aromatic nitrogens is 6. The lowest BCUT2D eigenvalue weighted by Gasteiger charge is -2.35. The molecule has 7 rings (SSSR count). The van der Waals surface area contributed by atoms with E-state index in [0.29, 0.717) is 5.13 Å². The molecule has 5 aromatic heterocycles. The van der Waals surface area contributed by atoms with E-state index in [2.05, 4.69) is 53.7 Å². The highest BCUT2D eigenvalue weighted by atomic mass is 32.1. The van der Waals surface area contributed by atoms with Gasteiger partial charge in [0.05, 0.1) is 27.6 Å². The fraction of sp³-hybridized carbons (Fsp3) is 0.250. The molecule has 0 radical (unpaired) electrons. The number of piperazine rings is 1. The normalized spacial score (nSPS) is 15.3. The van der Waals surface area contributed by atoms with Gasteiger partial charge in [-0.05, 0) is 48.7 Å². The van der Waals surface area contributed by atoms with Gasteiger partial charge in [0, 0.05) is 80.9 Å². The number of nitrogens with zero attached hydrogens (tertiary/aromatic N) is 8. The van der Waals surface area contributed by atoms with Gasteiger partial charge in [-0.15, -0.1) is 0 Å². The van der Waals surface area contributed by atoms with Gasteiger partial charge in [-0.1, -0.05) is 11.3 Å². The number of hydrogen-bond donors (Lipinski definition) is 1. The van der Waals surface area contributed by atoms with Crippen LogP contribution in [0.15, 0.2) is 67.4 Å². The Labute approximate surface area is 224 Å². The molecule has 0 bridgehead atoms. The number of pyridine rings is 3. The van der Waals surface area contributed by atoms with Gasteiger partial charge in [0.1, 0.15) is 5.82 Å². The molecule has 2 aliphatic rings. The predicted molar refractivity (Wildman–Crippen MR) is 149 cm³/mol. The number of fused-ring (bicyclic) bond motifs is 3. The Morgan fingerprint density at radius 1 is 0.921 bits per heavy atom. The molecule has 1 aliphatic carbocycles. The van der Waals surface area contributed by atoms with Crippen LogP contribution in [-0.2, 0) is 19.4 Å². The first-order chi connectivity index (χ1) is 18.7. The topological polar surface area (TPSA) is 102 Å². The molecule has 0 saturated carbocycles. The van der Waals surface area contributed by atoms with Crippen molar-refractivity contribution in [3.05, 3.63) is 84.2 Å². The van der Waals surface area contributed by atoms with Crippen molar-refractivity contribution in [2.45, 2.75) is 19.4 Å². The SMILES string of the molecule is Nc1nc2c(s1)-c1c(c(-c3cccnc3)nn1-c1ccnc(N3CCN(Cc4ccncc4)CC3)c1)CC2. The molecule has 2 N–H and O–H groups in total. The van der Waals surface area contributed by atoms with Gasteiger partial charge in [0.15, 0.2) is 5.13 Å². The summed E-state index contributed by atoms with van der Waals surface area (Å²) < 4.78 is 2.05. The average Bonchev–Trinajstić information content (AvgIpc) is 3.55. The summed E-state index contributed by atoms with van der Waals surface area (Å²) in [6, 6.07) is 12.4. The zero-order valence-electron chi connectivity index (χ0n) is 20.9. The van der Waals surface area contributed by atoms with Crippen LogP contribution in [0.25, 0.3) is 27.5 Å². The van der Waals surface area contributed by atoms with Crippen molar-refractivity contribution in [2.75, 3.05) is 36.8 Å². The van der Waals surface area contributed by atoms with Crippen molar-refractivity contribution < 1.29 is 0 Å². The van der Waals surface area contributed by atoms with Crippen LogP contribution in [0.3, 0.4) is 0 Å². The van der Waals surface area contributed by atoms with E-state index in [9.17, 15) is 0 Å². The second-order valence-electron chi connectivity index (χ2n) is 9.65. The van der Waals surface area contributed by atoms with Crippen molar-refractivity contribution in [3.8, 4) is 27.5 Å². The van der Waals surface area contributed by atoms with Gasteiger partial charge in [0.25, 0.3) is 0 Å². The Morgan fingerprint density at radius 2 is 1.79 bits per heavy atom. The quantitative estimate of drug-likeness (QED) is 0.372. The number of anilines is 2. The minimum atomic E-state index is 0.596. The molecule has 0 spiro atoms. The highest BCUT2D eigenvalue weighted by Crippen LogP contribution is 2.43. The summed E-state index contributed by atoms with van der Waals surface area (Å²) in [5, 5.41) is 5.74. The molecule has 0 unspecified atom stereocenters. The second-order valence-corrected chi connectivity index (χ2v) is 10.7. The van der Waals surface area contributed by atoms with Crippen LogP contribution in [0, 0.1) is 0 Å². The molecule has 0 aromatic carbocycles. The molecular formula is C28H27N9S. The van der Waals surface area contributed by atoms with Crippen LogP contribution in [-0.4, -0.2) is 60.8 Å². The molecule has 190 valence electrons. The Bertz CT molecular complexity index is 1570. The van der Waals surface area contributed by atoms with Gasteiger partial charge in [-0.25, -0.2) is 14.6 Å². The van der Waals surface area contributed by atoms with Crippen LogP contribution in [0.1, 0.15) is 16.8 Å². The fourth-order valence-electron chi connectivity index (χ4n) is 5.40. The minimum absolute atomic E-state index is 0.596. The average molecular weight is 522 g/mol. The standard InChI is InChI=1S/C28H27N9S/c29-28-33-23-4-3-22-25(20-2-1-8-31-17-20)34-37(26(22)27(23)38-28)21-7-11-32-24(16-21)36-14-12-35(13-15-36)18-19-5-9-30-10-6-19/h1-2,5-11,16-17H,3-4,12-15,18H2,(H2,29,33). The van der Waals surface area contributed by atoms with E-state index >= 15 is 0 Å². The van der Waals surface area contributed by atoms with Crippen molar-refractivity contribution in [2.24, 2.45) is 0 Å². The lowest BCUT2D eigenvalue weighted by molar-refractivity contribution is 0.249. The van der Waals surface area contributed by atoms with Gasteiger partial charge in [-0.3, -0.25) is 14.9 Å². The largest absolute Gasteiger partial charge is 0.375 e. The summed E-state index contributed by atoms with van der Waals surface area (Å²) >= 11 is 1.54. The van der Waals surface area contributed by atoms with Crippen LogP contribution < -0.4 is 10.6 Å². The summed E-state index contributed by atoms with van der Waals surface area (Å²) in [4.78, 5) is 23.8. The van der Waals surface area contributed by atoms with E-state index in [0.717, 1.165) is 84.6 Å². The number of hydrogen-bond acceptors (Lipinski definition) is 9. The number of thiazole rings is 1. The van der Waals surface area contributed by atoms with Crippen molar-refractivity contribution in [1.82, 2.24) is 34.6 Å². The smallest absolute Gasteiger partial charge is 0.180 e. The number of rotatable bonds is 5. The van der Waals surface area contributed by atoms with Crippen LogP contribution in [0.4, 0.5) is 10.9 Å². The Hall–Kier alpha value is -4.15. The summed E-state index contributed by atoms with van der Waals surface area (Å²) in [5.41, 5.74) is 13.8. The number of nitrogens with two attached hydrogens (primary N) is 1. The molecule has 1 fully saturated rings. The first-order valence-electron chi connectivity index (χ1n) is 12.8. The van der Waals surface area contributed by atoms with Gasteiger partial charge < -0.3 is 10.6 Å². The van der Waals surface area contributed by atoms with E-state index in [1.165, 1.54) is 22.5 Å². The van der Waals surface area contributed by atoms with Crippen molar-refractivity contribution in [1.29, 1.82) is 0 Å². The van der Waals surface area contributed by atoms with E-state index in [-0.39, 0.29) is 0 Å². The van der Waals surface area contributed by atoms with E-state index in [1.807, 2.05) is 36.9 Å². The number of aryl methyl sites for hydroxylation is 1. The summed E-state index contributed by atoms with van der Waals surface area (Å²) in [5.74, 6) is 0.970. The summed E-state index contributed by atoms with van der Waals surface area (Å²) in [6.07, 6.45) is 11.0. The molecule has 10 heteroatoms. The van der Waals surface area contributed by atoms with Gasteiger partial charge in [-0.2, -0.15) is 5.10 Å². The lowest BCUT2D eigenvalue weighted by atomic mass is 9.95. The maximum Gasteiger partial charge on any atom is 0.180 e. The molecule has 1 aliphatic heterocycles. The zero-order chi connectivity index (χ0) is 25.5. The third-order valence-corrected chi connectivity index (χ3v) is 8.22. The second kappa shape index (κ2) is 9.62. The van der Waals surface area contributed by atoms with E-state index in [1.54, 1.807) is 6.20 Å². The van der Waals surface area contributed by atoms with Crippen LogP contribution >= 0.6 is 11.3 Å². The molecular weight excluding hydrogens is 494 g/mol. The molecule has 0 amide bonds. The molecule has 1 saturated heterocycles. The Morgan fingerprint density at radius 3 is 2.61 bits per heavy atom. The maximum atomic E-state index is 6.15. The minimum Gasteiger partial charge on any atom is -0.375 e. The molecule has 38 heavy (non-hydrogen) atoms. The third kappa shape index (κ3) is 4.21. The maximum absolute atomic E-state index is 6.15.